The zero-order chi connectivity index (χ0) is 17.8. The molecule has 0 saturated heterocycles. The molecule has 3 rings (SSSR count). The van der Waals surface area contributed by atoms with E-state index in [2.05, 4.69) is 15.5 Å². The molecule has 9 heteroatoms. The lowest BCUT2D eigenvalue weighted by molar-refractivity contribution is 0.0923. The van der Waals surface area contributed by atoms with Gasteiger partial charge in [-0.05, 0) is 31.5 Å². The van der Waals surface area contributed by atoms with Gasteiger partial charge in [0.1, 0.15) is 15.9 Å². The Morgan fingerprint density at radius 3 is 2.88 bits per heavy atom. The van der Waals surface area contributed by atoms with Gasteiger partial charge >= 0.3 is 0 Å². The van der Waals surface area contributed by atoms with Crippen molar-refractivity contribution in [3.8, 4) is 0 Å². The van der Waals surface area contributed by atoms with E-state index in [-0.39, 0.29) is 11.7 Å². The summed E-state index contributed by atoms with van der Waals surface area (Å²) in [5, 5.41) is 12.0. The van der Waals surface area contributed by atoms with Crippen molar-refractivity contribution < 1.29 is 9.21 Å². The second-order valence-electron chi connectivity index (χ2n) is 5.49. The van der Waals surface area contributed by atoms with E-state index in [1.54, 1.807) is 34.6 Å². The number of nitrogens with zero attached hydrogens (tertiary/aromatic N) is 4. The summed E-state index contributed by atoms with van der Waals surface area (Å²) in [7, 11) is 0. The molecular weight excluding hydrogens is 365 g/mol. The minimum absolute atomic E-state index is 0.257. The molecule has 0 saturated carbocycles. The molecule has 0 bridgehead atoms. The molecular formula is C16H17Cl2N5O2. The Labute approximate surface area is 154 Å². The lowest BCUT2D eigenvalue weighted by Crippen LogP contribution is -2.25. The zero-order valence-electron chi connectivity index (χ0n) is 13.6. The van der Waals surface area contributed by atoms with Gasteiger partial charge in [-0.3, -0.25) is 14.2 Å². The Bertz CT molecular complexity index is 854. The van der Waals surface area contributed by atoms with Gasteiger partial charge in [-0.1, -0.05) is 23.2 Å². The summed E-state index contributed by atoms with van der Waals surface area (Å²) in [6.07, 6.45) is 4.19. The monoisotopic (exact) mass is 381 g/mol. The number of carbonyl (C=O) groups is 1. The molecule has 0 atom stereocenters. The quantitative estimate of drug-likeness (QED) is 0.637. The summed E-state index contributed by atoms with van der Waals surface area (Å²) in [5.41, 5.74) is 0.691. The van der Waals surface area contributed by atoms with Crippen LogP contribution in [0.4, 0.5) is 0 Å². The van der Waals surface area contributed by atoms with E-state index in [9.17, 15) is 4.79 Å². The molecule has 0 aliphatic heterocycles. The van der Waals surface area contributed by atoms with Gasteiger partial charge in [0.25, 0.3) is 5.91 Å². The van der Waals surface area contributed by atoms with Gasteiger partial charge in [-0.2, -0.15) is 10.2 Å². The third kappa shape index (κ3) is 4.24. The molecule has 0 aliphatic rings. The smallest absolute Gasteiger partial charge is 0.286 e. The van der Waals surface area contributed by atoms with Crippen LogP contribution in [0.15, 0.2) is 35.0 Å². The third-order valence-corrected chi connectivity index (χ3v) is 4.52. The summed E-state index contributed by atoms with van der Waals surface area (Å²) in [5.74, 6) is 0.688. The molecule has 3 aromatic rings. The third-order valence-electron chi connectivity index (χ3n) is 3.59. The van der Waals surface area contributed by atoms with Gasteiger partial charge in [-0.15, -0.1) is 0 Å². The highest BCUT2D eigenvalue weighted by molar-refractivity contribution is 6.41. The van der Waals surface area contributed by atoms with Gasteiger partial charge in [-0.25, -0.2) is 0 Å². The number of aryl methyl sites for hydroxylation is 2. The van der Waals surface area contributed by atoms with E-state index < -0.39 is 0 Å². The average Bonchev–Trinajstić information content (AvgIpc) is 3.32. The molecule has 0 fully saturated rings. The van der Waals surface area contributed by atoms with Crippen molar-refractivity contribution in [2.75, 3.05) is 6.54 Å². The number of hydrogen-bond donors (Lipinski definition) is 1. The van der Waals surface area contributed by atoms with E-state index in [0.29, 0.717) is 47.7 Å². The molecule has 0 spiro atoms. The van der Waals surface area contributed by atoms with Crippen molar-refractivity contribution in [2.45, 2.75) is 26.4 Å². The number of carbonyl (C=O) groups excluding carboxylic acids is 1. The van der Waals surface area contributed by atoms with E-state index in [0.717, 1.165) is 0 Å². The van der Waals surface area contributed by atoms with Crippen molar-refractivity contribution in [1.82, 2.24) is 24.9 Å². The Morgan fingerprint density at radius 2 is 2.20 bits per heavy atom. The highest BCUT2D eigenvalue weighted by atomic mass is 35.5. The maximum absolute atomic E-state index is 12.1. The fraction of sp³-hybridized carbons (Fsp3) is 0.312. The summed E-state index contributed by atoms with van der Waals surface area (Å²) in [6, 6.07) is 5.25. The molecule has 0 unspecified atom stereocenters. The van der Waals surface area contributed by atoms with Crippen LogP contribution in [0.1, 0.15) is 28.4 Å². The minimum Gasteiger partial charge on any atom is -0.454 e. The van der Waals surface area contributed by atoms with Crippen molar-refractivity contribution in [2.24, 2.45) is 0 Å². The van der Waals surface area contributed by atoms with Crippen molar-refractivity contribution in [3.05, 3.63) is 58.0 Å². The van der Waals surface area contributed by atoms with Gasteiger partial charge in [0.2, 0.25) is 0 Å². The van der Waals surface area contributed by atoms with Crippen LogP contribution in [0.5, 0.6) is 0 Å². The average molecular weight is 382 g/mol. The highest BCUT2D eigenvalue weighted by Gasteiger charge is 2.13. The van der Waals surface area contributed by atoms with Crippen LogP contribution >= 0.6 is 23.2 Å². The Balaban J connectivity index is 1.46. The number of nitrogens with one attached hydrogen (secondary N) is 1. The van der Waals surface area contributed by atoms with Crippen LogP contribution in [-0.2, 0) is 13.1 Å². The van der Waals surface area contributed by atoms with Crippen LogP contribution in [0.3, 0.4) is 0 Å². The summed E-state index contributed by atoms with van der Waals surface area (Å²) in [4.78, 5) is 12.1. The first kappa shape index (κ1) is 17.6. The number of aromatic nitrogens is 4. The van der Waals surface area contributed by atoms with E-state index in [1.807, 2.05) is 12.3 Å². The lowest BCUT2D eigenvalue weighted by atomic mass is 10.3. The molecule has 0 aromatic carbocycles. The van der Waals surface area contributed by atoms with Gasteiger partial charge in [0.15, 0.2) is 5.76 Å². The fourth-order valence-electron chi connectivity index (χ4n) is 2.34. The van der Waals surface area contributed by atoms with Crippen LogP contribution < -0.4 is 5.32 Å². The summed E-state index contributed by atoms with van der Waals surface area (Å²) >= 11 is 12.1. The molecule has 132 valence electrons. The maximum atomic E-state index is 12.1. The fourth-order valence-corrected chi connectivity index (χ4v) is 2.73. The second-order valence-corrected chi connectivity index (χ2v) is 6.23. The van der Waals surface area contributed by atoms with Crippen LogP contribution in [0.25, 0.3) is 0 Å². The van der Waals surface area contributed by atoms with Crippen molar-refractivity contribution in [1.29, 1.82) is 0 Å². The first-order valence-corrected chi connectivity index (χ1v) is 8.53. The van der Waals surface area contributed by atoms with Crippen molar-refractivity contribution >= 4 is 29.1 Å². The van der Waals surface area contributed by atoms with Crippen LogP contribution in [0, 0.1) is 6.92 Å². The molecule has 1 N–H and O–H groups in total. The zero-order valence-corrected chi connectivity index (χ0v) is 15.1. The number of amides is 1. The largest absolute Gasteiger partial charge is 0.454 e. The first-order valence-electron chi connectivity index (χ1n) is 7.77. The molecule has 25 heavy (non-hydrogen) atoms. The Kier molecular flexibility index (Phi) is 5.45. The molecule has 3 aromatic heterocycles. The standard InChI is InChI=1S/C16H17Cl2N5O2/c1-11-14(17)15(18)23(21-11)9-2-6-19-16(24)13-5-4-12(25-13)10-22-8-3-7-20-22/h3-5,7-8H,2,6,9-10H2,1H3,(H,19,24). The number of rotatable bonds is 7. The van der Waals surface area contributed by atoms with E-state index in [4.69, 9.17) is 27.6 Å². The van der Waals surface area contributed by atoms with Gasteiger partial charge in [0, 0.05) is 25.5 Å². The topological polar surface area (TPSA) is 77.9 Å². The molecule has 7 nitrogen and oxygen atoms in total. The van der Waals surface area contributed by atoms with E-state index >= 15 is 0 Å². The number of halogens is 2. The second kappa shape index (κ2) is 7.76. The van der Waals surface area contributed by atoms with Crippen LogP contribution in [-0.4, -0.2) is 32.0 Å². The maximum Gasteiger partial charge on any atom is 0.286 e. The normalized spacial score (nSPS) is 11.0. The summed E-state index contributed by atoms with van der Waals surface area (Å²) in [6.45, 7) is 3.32. The predicted molar refractivity (Wildman–Crippen MR) is 94.0 cm³/mol. The predicted octanol–water partition coefficient (Wildman–Crippen LogP) is 3.16. The highest BCUT2D eigenvalue weighted by Crippen LogP contribution is 2.24. The molecule has 3 heterocycles. The SMILES string of the molecule is Cc1nn(CCCNC(=O)c2ccc(Cn3cccn3)o2)c(Cl)c1Cl. The van der Waals surface area contributed by atoms with Gasteiger partial charge < -0.3 is 9.73 Å². The lowest BCUT2D eigenvalue weighted by Gasteiger charge is -2.05. The van der Waals surface area contributed by atoms with Gasteiger partial charge in [0.05, 0.1) is 12.2 Å². The molecule has 1 amide bonds. The Morgan fingerprint density at radius 1 is 1.36 bits per heavy atom. The van der Waals surface area contributed by atoms with Crippen molar-refractivity contribution in [3.63, 3.8) is 0 Å². The van der Waals surface area contributed by atoms with Crippen LogP contribution in [0.2, 0.25) is 10.2 Å². The van der Waals surface area contributed by atoms with E-state index in [1.165, 1.54) is 0 Å². The first-order chi connectivity index (χ1) is 12.0. The summed E-state index contributed by atoms with van der Waals surface area (Å²) < 4.78 is 8.89. The number of hydrogen-bond acceptors (Lipinski definition) is 4. The number of furan rings is 1. The minimum atomic E-state index is -0.257. The Hall–Kier alpha value is -2.25. The molecule has 0 aliphatic carbocycles. The molecule has 0 radical (unpaired) electrons.